The van der Waals surface area contributed by atoms with E-state index in [-0.39, 0.29) is 5.91 Å². The van der Waals surface area contributed by atoms with E-state index in [2.05, 4.69) is 12.2 Å². The average molecular weight is 430 g/mol. The zero-order valence-corrected chi connectivity index (χ0v) is 18.3. The van der Waals surface area contributed by atoms with Crippen molar-refractivity contribution in [2.24, 2.45) is 0 Å². The van der Waals surface area contributed by atoms with Crippen LogP contribution in [0.5, 0.6) is 5.75 Å². The summed E-state index contributed by atoms with van der Waals surface area (Å²) in [4.78, 5) is 25.7. The van der Waals surface area contributed by atoms with Crippen molar-refractivity contribution in [1.29, 1.82) is 0 Å². The van der Waals surface area contributed by atoms with Crippen LogP contribution in [0.15, 0.2) is 42.5 Å². The van der Waals surface area contributed by atoms with Crippen molar-refractivity contribution in [3.63, 3.8) is 0 Å². The Bertz CT molecular complexity index is 906. The molecular formula is C24H28ClNO4. The molecule has 1 saturated carbocycles. The van der Waals surface area contributed by atoms with Crippen LogP contribution < -0.4 is 10.1 Å². The lowest BCUT2D eigenvalue weighted by Crippen LogP contribution is -2.38. The van der Waals surface area contributed by atoms with Crippen molar-refractivity contribution in [2.45, 2.75) is 50.9 Å². The molecule has 0 bridgehead atoms. The first-order valence-electron chi connectivity index (χ1n) is 10.4. The lowest BCUT2D eigenvalue weighted by Gasteiger charge is -2.29. The molecule has 160 valence electrons. The number of anilines is 1. The Morgan fingerprint density at radius 3 is 2.53 bits per heavy atom. The van der Waals surface area contributed by atoms with Crippen LogP contribution in [0.1, 0.15) is 61.4 Å². The van der Waals surface area contributed by atoms with Gasteiger partial charge in [-0.2, -0.15) is 0 Å². The zero-order valence-electron chi connectivity index (χ0n) is 17.5. The molecule has 1 aliphatic rings. The van der Waals surface area contributed by atoms with E-state index < -0.39 is 11.4 Å². The van der Waals surface area contributed by atoms with Crippen molar-refractivity contribution < 1.29 is 19.1 Å². The van der Waals surface area contributed by atoms with Crippen molar-refractivity contribution in [3.8, 4) is 5.75 Å². The fraction of sp³-hybridized carbons (Fsp3) is 0.417. The molecular weight excluding hydrogens is 402 g/mol. The first kappa shape index (κ1) is 22.2. The molecule has 5 nitrogen and oxygen atoms in total. The number of amides is 1. The summed E-state index contributed by atoms with van der Waals surface area (Å²) in [6.45, 7) is 2.59. The molecule has 0 saturated heterocycles. The summed E-state index contributed by atoms with van der Waals surface area (Å²) in [5.74, 6) is -0.155. The quantitative estimate of drug-likeness (QED) is 0.428. The lowest BCUT2D eigenvalue weighted by atomic mass is 9.78. The summed E-state index contributed by atoms with van der Waals surface area (Å²) in [6.07, 6.45) is 5.30. The van der Waals surface area contributed by atoms with Crippen molar-refractivity contribution in [1.82, 2.24) is 0 Å². The molecule has 0 aromatic heterocycles. The van der Waals surface area contributed by atoms with E-state index in [1.165, 1.54) is 7.11 Å². The molecule has 0 radical (unpaired) electrons. The Kier molecular flexibility index (Phi) is 7.38. The van der Waals surface area contributed by atoms with Crippen LogP contribution >= 0.6 is 11.6 Å². The monoisotopic (exact) mass is 429 g/mol. The minimum absolute atomic E-state index is 0.108. The van der Waals surface area contributed by atoms with Gasteiger partial charge in [-0.05, 0) is 49.1 Å². The summed E-state index contributed by atoms with van der Waals surface area (Å²) in [5, 5.41) is 3.60. The smallest absolute Gasteiger partial charge is 0.341 e. The van der Waals surface area contributed by atoms with Gasteiger partial charge in [0.1, 0.15) is 11.3 Å². The van der Waals surface area contributed by atoms with Gasteiger partial charge < -0.3 is 14.8 Å². The van der Waals surface area contributed by atoms with E-state index >= 15 is 0 Å². The fourth-order valence-electron chi connectivity index (χ4n) is 4.03. The number of nitrogens with one attached hydrogen (secondary N) is 1. The number of hydrogen-bond acceptors (Lipinski definition) is 4. The third kappa shape index (κ3) is 4.62. The first-order chi connectivity index (χ1) is 14.5. The van der Waals surface area contributed by atoms with Crippen LogP contribution in [0, 0.1) is 0 Å². The summed E-state index contributed by atoms with van der Waals surface area (Å²) in [7, 11) is 1.33. The predicted octanol–water partition coefficient (Wildman–Crippen LogP) is 5.76. The van der Waals surface area contributed by atoms with Gasteiger partial charge in [0.25, 0.3) is 0 Å². The number of rotatable bonds is 8. The maximum Gasteiger partial charge on any atom is 0.341 e. The standard InChI is InChI=1S/C24H28ClNO4/c1-3-4-15-30-21-12-11-17(16-18(21)22(27)29-2)26-23(28)24(13-7-8-14-24)19-9-5-6-10-20(19)25/h5-6,9-12,16H,3-4,7-8,13-15H2,1-2H3,(H,26,28). The topological polar surface area (TPSA) is 64.6 Å². The van der Waals surface area contributed by atoms with Gasteiger partial charge in [-0.3, -0.25) is 4.79 Å². The molecule has 0 unspecified atom stereocenters. The number of carbonyl (C=O) groups excluding carboxylic acids is 2. The van der Waals surface area contributed by atoms with Gasteiger partial charge in [0.15, 0.2) is 0 Å². The highest BCUT2D eigenvalue weighted by Crippen LogP contribution is 2.44. The number of benzene rings is 2. The Labute approximate surface area is 182 Å². The third-order valence-electron chi connectivity index (χ3n) is 5.68. The van der Waals surface area contributed by atoms with Gasteiger partial charge in [0, 0.05) is 10.7 Å². The second kappa shape index (κ2) is 9.98. The molecule has 0 atom stereocenters. The molecule has 6 heteroatoms. The maximum atomic E-state index is 13.4. The summed E-state index contributed by atoms with van der Waals surface area (Å²) >= 11 is 6.45. The minimum Gasteiger partial charge on any atom is -0.493 e. The molecule has 1 aliphatic carbocycles. The lowest BCUT2D eigenvalue weighted by molar-refractivity contribution is -0.121. The minimum atomic E-state index is -0.667. The van der Waals surface area contributed by atoms with Crippen molar-refractivity contribution in [3.05, 3.63) is 58.6 Å². The Hall–Kier alpha value is -2.53. The van der Waals surface area contributed by atoms with Crippen LogP contribution in [0.3, 0.4) is 0 Å². The van der Waals surface area contributed by atoms with Gasteiger partial charge in [0.2, 0.25) is 5.91 Å². The number of methoxy groups -OCH3 is 1. The maximum absolute atomic E-state index is 13.4. The molecule has 0 spiro atoms. The highest BCUT2D eigenvalue weighted by Gasteiger charge is 2.44. The SMILES string of the molecule is CCCCOc1ccc(NC(=O)C2(c3ccccc3Cl)CCCC2)cc1C(=O)OC. The van der Waals surface area contributed by atoms with Crippen LogP contribution in [-0.2, 0) is 14.9 Å². The number of hydrogen-bond donors (Lipinski definition) is 1. The highest BCUT2D eigenvalue weighted by atomic mass is 35.5. The van der Waals surface area contributed by atoms with E-state index in [0.29, 0.717) is 28.6 Å². The summed E-state index contributed by atoms with van der Waals surface area (Å²) < 4.78 is 10.6. The average Bonchev–Trinajstić information content (AvgIpc) is 3.25. The molecule has 0 aliphatic heterocycles. The third-order valence-corrected chi connectivity index (χ3v) is 6.01. The number of ether oxygens (including phenoxy) is 2. The van der Waals surface area contributed by atoms with Gasteiger partial charge in [-0.1, -0.05) is 56.0 Å². The van der Waals surface area contributed by atoms with Gasteiger partial charge in [0.05, 0.1) is 19.1 Å². The van der Waals surface area contributed by atoms with E-state index in [1.54, 1.807) is 18.2 Å². The summed E-state index contributed by atoms with van der Waals surface area (Å²) in [5.41, 5.74) is 1.01. The molecule has 1 fully saturated rings. The van der Waals surface area contributed by atoms with E-state index in [0.717, 1.165) is 44.1 Å². The van der Waals surface area contributed by atoms with Crippen LogP contribution in [0.2, 0.25) is 5.02 Å². The molecule has 0 heterocycles. The number of halogens is 1. The molecule has 1 amide bonds. The van der Waals surface area contributed by atoms with Crippen molar-refractivity contribution >= 4 is 29.2 Å². The Balaban J connectivity index is 1.88. The molecule has 2 aromatic rings. The fourth-order valence-corrected chi connectivity index (χ4v) is 4.34. The van der Waals surface area contributed by atoms with Crippen LogP contribution in [-0.4, -0.2) is 25.6 Å². The number of unbranched alkanes of at least 4 members (excludes halogenated alkanes) is 1. The zero-order chi connectivity index (χ0) is 21.6. The molecule has 3 rings (SSSR count). The van der Waals surface area contributed by atoms with Crippen molar-refractivity contribution in [2.75, 3.05) is 19.0 Å². The largest absolute Gasteiger partial charge is 0.493 e. The van der Waals surface area contributed by atoms with E-state index in [4.69, 9.17) is 21.1 Å². The first-order valence-corrected chi connectivity index (χ1v) is 10.8. The van der Waals surface area contributed by atoms with Crippen LogP contribution in [0.4, 0.5) is 5.69 Å². The van der Waals surface area contributed by atoms with E-state index in [9.17, 15) is 9.59 Å². The molecule has 2 aromatic carbocycles. The summed E-state index contributed by atoms with van der Waals surface area (Å²) in [6, 6.07) is 12.6. The molecule has 1 N–H and O–H groups in total. The van der Waals surface area contributed by atoms with E-state index in [1.807, 2.05) is 24.3 Å². The molecule has 30 heavy (non-hydrogen) atoms. The Morgan fingerprint density at radius 1 is 1.13 bits per heavy atom. The number of carbonyl (C=O) groups is 2. The second-order valence-electron chi connectivity index (χ2n) is 7.63. The number of esters is 1. The van der Waals surface area contributed by atoms with Gasteiger partial charge in [-0.25, -0.2) is 4.79 Å². The second-order valence-corrected chi connectivity index (χ2v) is 8.03. The predicted molar refractivity (Wildman–Crippen MR) is 118 cm³/mol. The highest BCUT2D eigenvalue weighted by molar-refractivity contribution is 6.32. The van der Waals surface area contributed by atoms with Gasteiger partial charge >= 0.3 is 5.97 Å². The van der Waals surface area contributed by atoms with Gasteiger partial charge in [-0.15, -0.1) is 0 Å². The Morgan fingerprint density at radius 2 is 1.87 bits per heavy atom. The van der Waals surface area contributed by atoms with Crippen LogP contribution in [0.25, 0.3) is 0 Å². The normalized spacial score (nSPS) is 14.9.